The molecule has 0 bridgehead atoms. The number of urea groups is 1. The van der Waals surface area contributed by atoms with Crippen molar-refractivity contribution >= 4 is 23.1 Å². The summed E-state index contributed by atoms with van der Waals surface area (Å²) in [5.41, 5.74) is 3.94. The number of carbonyl (C=O) groups excluding carboxylic acids is 1. The van der Waals surface area contributed by atoms with Crippen molar-refractivity contribution in [3.63, 3.8) is 0 Å². The molecule has 2 heterocycles. The molecular weight excluding hydrogens is 344 g/mol. The average molecular weight is 366 g/mol. The third kappa shape index (κ3) is 4.46. The number of pyridine rings is 1. The maximum atomic E-state index is 12.1. The van der Waals surface area contributed by atoms with Crippen LogP contribution in [0.3, 0.4) is 0 Å². The highest BCUT2D eigenvalue weighted by molar-refractivity contribution is 7.15. The molecule has 0 radical (unpaired) electrons. The number of anilines is 1. The molecular formula is C20H22N4OS. The van der Waals surface area contributed by atoms with Gasteiger partial charge in [0, 0.05) is 28.5 Å². The molecule has 0 atom stereocenters. The molecule has 0 spiro atoms. The van der Waals surface area contributed by atoms with Gasteiger partial charge in [0.15, 0.2) is 0 Å². The van der Waals surface area contributed by atoms with Gasteiger partial charge in [0.2, 0.25) is 0 Å². The van der Waals surface area contributed by atoms with Gasteiger partial charge in [0.25, 0.3) is 0 Å². The van der Waals surface area contributed by atoms with Crippen LogP contribution in [0, 0.1) is 6.92 Å². The van der Waals surface area contributed by atoms with Gasteiger partial charge in [-0.25, -0.2) is 9.78 Å². The van der Waals surface area contributed by atoms with E-state index in [-0.39, 0.29) is 6.03 Å². The van der Waals surface area contributed by atoms with Crippen LogP contribution < -0.4 is 10.6 Å². The molecule has 0 aliphatic carbocycles. The minimum absolute atomic E-state index is 0.224. The van der Waals surface area contributed by atoms with Crippen LogP contribution in [0.5, 0.6) is 0 Å². The Kier molecular flexibility index (Phi) is 5.63. The summed E-state index contributed by atoms with van der Waals surface area (Å²) in [6.07, 6.45) is 3.54. The van der Waals surface area contributed by atoms with Gasteiger partial charge in [-0.1, -0.05) is 26.0 Å². The Morgan fingerprint density at radius 3 is 2.62 bits per heavy atom. The molecule has 6 heteroatoms. The Labute approximate surface area is 157 Å². The van der Waals surface area contributed by atoms with Gasteiger partial charge < -0.3 is 10.6 Å². The van der Waals surface area contributed by atoms with Crippen LogP contribution in [0.2, 0.25) is 0 Å². The number of aryl methyl sites for hydroxylation is 1. The van der Waals surface area contributed by atoms with Crippen molar-refractivity contribution < 1.29 is 4.79 Å². The highest BCUT2D eigenvalue weighted by Gasteiger charge is 2.11. The maximum absolute atomic E-state index is 12.1. The summed E-state index contributed by atoms with van der Waals surface area (Å²) in [5, 5.41) is 6.67. The largest absolute Gasteiger partial charge is 0.333 e. The first-order chi connectivity index (χ1) is 12.5. The van der Waals surface area contributed by atoms with E-state index in [4.69, 9.17) is 0 Å². The highest BCUT2D eigenvalue weighted by atomic mass is 32.1. The van der Waals surface area contributed by atoms with E-state index in [9.17, 15) is 4.79 Å². The second-order valence-electron chi connectivity index (χ2n) is 6.35. The number of benzene rings is 1. The summed E-state index contributed by atoms with van der Waals surface area (Å²) in [6, 6.07) is 11.6. The van der Waals surface area contributed by atoms with E-state index in [0.717, 1.165) is 26.8 Å². The number of nitrogens with one attached hydrogen (secondary N) is 2. The van der Waals surface area contributed by atoms with Gasteiger partial charge in [0.05, 0.1) is 12.2 Å². The van der Waals surface area contributed by atoms with Crippen LogP contribution in [0.4, 0.5) is 10.5 Å². The van der Waals surface area contributed by atoms with E-state index in [1.165, 1.54) is 5.56 Å². The number of thiazole rings is 1. The van der Waals surface area contributed by atoms with Crippen LogP contribution in [0.1, 0.15) is 35.9 Å². The number of amides is 2. The number of aromatic nitrogens is 2. The van der Waals surface area contributed by atoms with Gasteiger partial charge >= 0.3 is 6.03 Å². The molecule has 0 saturated carbocycles. The zero-order valence-corrected chi connectivity index (χ0v) is 15.9. The third-order valence-corrected chi connectivity index (χ3v) is 5.25. The predicted molar refractivity (Wildman–Crippen MR) is 106 cm³/mol. The molecule has 3 aromatic rings. The summed E-state index contributed by atoms with van der Waals surface area (Å²) in [7, 11) is 0. The Bertz CT molecular complexity index is 873. The number of rotatable bonds is 5. The molecule has 1 aromatic carbocycles. The van der Waals surface area contributed by atoms with Crippen molar-refractivity contribution in [3.05, 3.63) is 64.9 Å². The van der Waals surface area contributed by atoms with Crippen molar-refractivity contribution in [3.8, 4) is 10.6 Å². The molecule has 0 saturated heterocycles. The molecule has 134 valence electrons. The third-order valence-electron chi connectivity index (χ3n) is 4.05. The smallest absolute Gasteiger partial charge is 0.319 e. The Morgan fingerprint density at radius 2 is 1.96 bits per heavy atom. The lowest BCUT2D eigenvalue weighted by Gasteiger charge is -2.09. The van der Waals surface area contributed by atoms with Gasteiger partial charge in [0.1, 0.15) is 5.01 Å². The lowest BCUT2D eigenvalue weighted by Crippen LogP contribution is -2.28. The second kappa shape index (κ2) is 8.10. The Hall–Kier alpha value is -2.73. The first kappa shape index (κ1) is 18.1. The van der Waals surface area contributed by atoms with Crippen molar-refractivity contribution in [2.45, 2.75) is 33.2 Å². The van der Waals surface area contributed by atoms with Gasteiger partial charge in [-0.05, 0) is 42.7 Å². The van der Waals surface area contributed by atoms with Crippen molar-refractivity contribution in [1.29, 1.82) is 0 Å². The minimum atomic E-state index is -0.224. The topological polar surface area (TPSA) is 66.9 Å². The minimum Gasteiger partial charge on any atom is -0.333 e. The number of hydrogen-bond donors (Lipinski definition) is 2. The fraction of sp³-hybridized carbons (Fsp3) is 0.250. The van der Waals surface area contributed by atoms with E-state index >= 15 is 0 Å². The first-order valence-corrected chi connectivity index (χ1v) is 9.36. The SMILES string of the molecule is Cc1nc(-c2cccnc2)sc1CNC(=O)Nc1ccc(C(C)C)cc1. The second-order valence-corrected chi connectivity index (χ2v) is 7.44. The van der Waals surface area contributed by atoms with Crippen LogP contribution in [0.15, 0.2) is 48.8 Å². The van der Waals surface area contributed by atoms with Gasteiger partial charge in [-0.3, -0.25) is 4.98 Å². The lowest BCUT2D eigenvalue weighted by molar-refractivity contribution is 0.252. The summed E-state index contributed by atoms with van der Waals surface area (Å²) in [4.78, 5) is 21.9. The molecule has 0 unspecified atom stereocenters. The Morgan fingerprint density at radius 1 is 1.19 bits per heavy atom. The molecule has 2 amide bonds. The monoisotopic (exact) mass is 366 g/mol. The number of nitrogens with zero attached hydrogens (tertiary/aromatic N) is 2. The molecule has 2 N–H and O–H groups in total. The summed E-state index contributed by atoms with van der Waals surface area (Å²) >= 11 is 1.57. The lowest BCUT2D eigenvalue weighted by atomic mass is 10.0. The van der Waals surface area contributed by atoms with E-state index in [2.05, 4.69) is 34.4 Å². The zero-order chi connectivity index (χ0) is 18.5. The molecule has 0 fully saturated rings. The van der Waals surface area contributed by atoms with E-state index in [1.54, 1.807) is 23.7 Å². The van der Waals surface area contributed by atoms with Crippen LogP contribution in [-0.4, -0.2) is 16.0 Å². The van der Waals surface area contributed by atoms with Gasteiger partial charge in [-0.15, -0.1) is 11.3 Å². The van der Waals surface area contributed by atoms with Gasteiger partial charge in [-0.2, -0.15) is 0 Å². The van der Waals surface area contributed by atoms with Crippen molar-refractivity contribution in [1.82, 2.24) is 15.3 Å². The molecule has 2 aromatic heterocycles. The molecule has 5 nitrogen and oxygen atoms in total. The van der Waals surface area contributed by atoms with E-state index in [1.807, 2.05) is 43.3 Å². The molecule has 26 heavy (non-hydrogen) atoms. The highest BCUT2D eigenvalue weighted by Crippen LogP contribution is 2.27. The predicted octanol–water partition coefficient (Wildman–Crippen LogP) is 4.96. The van der Waals surface area contributed by atoms with E-state index < -0.39 is 0 Å². The number of hydrogen-bond acceptors (Lipinski definition) is 4. The van der Waals surface area contributed by atoms with Crippen molar-refractivity contribution in [2.24, 2.45) is 0 Å². The standard InChI is InChI=1S/C20H22N4OS/c1-13(2)15-6-8-17(9-7-15)24-20(25)22-12-18-14(3)23-19(26-18)16-5-4-10-21-11-16/h4-11,13H,12H2,1-3H3,(H2,22,24,25). The Balaban J connectivity index is 1.58. The van der Waals surface area contributed by atoms with Crippen LogP contribution in [-0.2, 0) is 6.54 Å². The summed E-state index contributed by atoms with van der Waals surface area (Å²) in [6.45, 7) is 6.69. The maximum Gasteiger partial charge on any atom is 0.319 e. The summed E-state index contributed by atoms with van der Waals surface area (Å²) < 4.78 is 0. The normalized spacial score (nSPS) is 10.8. The molecule has 3 rings (SSSR count). The molecule has 0 aliphatic rings. The fourth-order valence-electron chi connectivity index (χ4n) is 2.49. The van der Waals surface area contributed by atoms with E-state index in [0.29, 0.717) is 12.5 Å². The first-order valence-electron chi connectivity index (χ1n) is 8.54. The van der Waals surface area contributed by atoms with Crippen molar-refractivity contribution in [2.75, 3.05) is 5.32 Å². The molecule has 0 aliphatic heterocycles. The zero-order valence-electron chi connectivity index (χ0n) is 15.1. The van der Waals surface area contributed by atoms with Crippen LogP contribution in [0.25, 0.3) is 10.6 Å². The fourth-order valence-corrected chi connectivity index (χ4v) is 3.48. The quantitative estimate of drug-likeness (QED) is 0.671. The van der Waals surface area contributed by atoms with Crippen LogP contribution >= 0.6 is 11.3 Å². The number of carbonyl (C=O) groups is 1. The summed E-state index contributed by atoms with van der Waals surface area (Å²) in [5.74, 6) is 0.473. The average Bonchev–Trinajstić information content (AvgIpc) is 3.02.